The van der Waals surface area contributed by atoms with Crippen molar-refractivity contribution in [1.82, 2.24) is 4.98 Å². The first-order valence-corrected chi connectivity index (χ1v) is 7.46. The van der Waals surface area contributed by atoms with Crippen LogP contribution >= 0.6 is 12.2 Å². The Morgan fingerprint density at radius 2 is 2.05 bits per heavy atom. The number of thiocarbonyl (C=S) groups is 1. The minimum Gasteiger partial charge on any atom is -0.389 e. The lowest BCUT2D eigenvalue weighted by molar-refractivity contribution is 0.393. The number of aromatic nitrogens is 1. The smallest absolute Gasteiger partial charge is 0.139 e. The van der Waals surface area contributed by atoms with Gasteiger partial charge in [-0.25, -0.2) is 4.98 Å². The Balaban J connectivity index is 2.31. The summed E-state index contributed by atoms with van der Waals surface area (Å²) in [6.45, 7) is 8.48. The lowest BCUT2D eigenvalue weighted by Crippen LogP contribution is -2.36. The quantitative estimate of drug-likeness (QED) is 0.863. The van der Waals surface area contributed by atoms with Crippen LogP contribution in [0.25, 0.3) is 0 Å². The Hall–Kier alpha value is -1.16. The van der Waals surface area contributed by atoms with E-state index in [1.54, 1.807) is 0 Å². The Labute approximate surface area is 121 Å². The zero-order valence-electron chi connectivity index (χ0n) is 12.1. The van der Waals surface area contributed by atoms with Gasteiger partial charge in [-0.3, -0.25) is 0 Å². The maximum Gasteiger partial charge on any atom is 0.139 e. The van der Waals surface area contributed by atoms with Gasteiger partial charge in [-0.15, -0.1) is 0 Å². The molecule has 0 spiro atoms. The van der Waals surface area contributed by atoms with Gasteiger partial charge in [0.1, 0.15) is 10.8 Å². The zero-order chi connectivity index (χ0) is 14.0. The Morgan fingerprint density at radius 3 is 2.58 bits per heavy atom. The molecule has 0 bridgehead atoms. The van der Waals surface area contributed by atoms with Gasteiger partial charge in [0.2, 0.25) is 0 Å². The van der Waals surface area contributed by atoms with E-state index in [-0.39, 0.29) is 0 Å². The molecule has 1 aliphatic rings. The van der Waals surface area contributed by atoms with Crippen molar-refractivity contribution in [2.75, 3.05) is 18.0 Å². The van der Waals surface area contributed by atoms with Crippen LogP contribution < -0.4 is 10.6 Å². The number of hydrogen-bond donors (Lipinski definition) is 1. The first-order valence-electron chi connectivity index (χ1n) is 7.06. The summed E-state index contributed by atoms with van der Waals surface area (Å²) < 4.78 is 0. The number of aryl methyl sites for hydroxylation is 2. The number of rotatable bonds is 3. The van der Waals surface area contributed by atoms with Crippen molar-refractivity contribution in [3.8, 4) is 0 Å². The van der Waals surface area contributed by atoms with E-state index in [2.05, 4.69) is 29.8 Å². The van der Waals surface area contributed by atoms with Crippen molar-refractivity contribution in [2.24, 2.45) is 11.7 Å². The van der Waals surface area contributed by atoms with Gasteiger partial charge in [0.25, 0.3) is 0 Å². The van der Waals surface area contributed by atoms with E-state index in [9.17, 15) is 0 Å². The van der Waals surface area contributed by atoms with Gasteiger partial charge in [0.15, 0.2) is 0 Å². The largest absolute Gasteiger partial charge is 0.389 e. The fourth-order valence-electron chi connectivity index (χ4n) is 2.90. The number of nitrogens with two attached hydrogens (primary N) is 1. The van der Waals surface area contributed by atoms with Crippen molar-refractivity contribution >= 4 is 23.0 Å². The monoisotopic (exact) mass is 277 g/mol. The molecule has 4 heteroatoms. The molecule has 1 fully saturated rings. The molecule has 19 heavy (non-hydrogen) atoms. The molecular weight excluding hydrogens is 254 g/mol. The van der Waals surface area contributed by atoms with Crippen LogP contribution in [0.2, 0.25) is 0 Å². The van der Waals surface area contributed by atoms with Crippen LogP contribution in [-0.4, -0.2) is 23.1 Å². The molecule has 104 valence electrons. The highest BCUT2D eigenvalue weighted by molar-refractivity contribution is 7.80. The fraction of sp³-hybridized carbons (Fsp3) is 0.600. The van der Waals surface area contributed by atoms with E-state index in [0.29, 0.717) is 4.99 Å². The van der Waals surface area contributed by atoms with Crippen LogP contribution in [0.15, 0.2) is 6.07 Å². The van der Waals surface area contributed by atoms with Crippen LogP contribution in [-0.2, 0) is 0 Å². The fourth-order valence-corrected chi connectivity index (χ4v) is 3.16. The van der Waals surface area contributed by atoms with Crippen molar-refractivity contribution in [3.05, 3.63) is 22.9 Å². The molecule has 2 heterocycles. The van der Waals surface area contributed by atoms with Crippen molar-refractivity contribution in [3.63, 3.8) is 0 Å². The van der Waals surface area contributed by atoms with Crippen LogP contribution in [0.1, 0.15) is 43.0 Å². The van der Waals surface area contributed by atoms with Gasteiger partial charge < -0.3 is 10.6 Å². The predicted octanol–water partition coefficient (Wildman–Crippen LogP) is 2.96. The standard InChI is InChI=1S/C15H23N3S/c1-4-12-5-7-18(8-6-12)15-13(14(16)19)10(2)9-11(3)17-15/h9,12H,4-8H2,1-3H3,(H2,16,19). The minimum atomic E-state index is 0.456. The lowest BCUT2D eigenvalue weighted by Gasteiger charge is -2.34. The summed E-state index contributed by atoms with van der Waals surface area (Å²) in [4.78, 5) is 7.49. The summed E-state index contributed by atoms with van der Waals surface area (Å²) in [5, 5.41) is 0. The van der Waals surface area contributed by atoms with Gasteiger partial charge in [-0.05, 0) is 44.2 Å². The van der Waals surface area contributed by atoms with Crippen LogP contribution in [0.5, 0.6) is 0 Å². The van der Waals surface area contributed by atoms with Gasteiger partial charge in [0.05, 0.1) is 5.56 Å². The molecule has 0 atom stereocenters. The average molecular weight is 277 g/mol. The second kappa shape index (κ2) is 5.87. The van der Waals surface area contributed by atoms with Crippen molar-refractivity contribution < 1.29 is 0 Å². The third-order valence-electron chi connectivity index (χ3n) is 4.06. The van der Waals surface area contributed by atoms with Crippen LogP contribution in [0, 0.1) is 19.8 Å². The Kier molecular flexibility index (Phi) is 4.40. The summed E-state index contributed by atoms with van der Waals surface area (Å²) in [7, 11) is 0. The zero-order valence-corrected chi connectivity index (χ0v) is 12.9. The van der Waals surface area contributed by atoms with Crippen molar-refractivity contribution in [2.45, 2.75) is 40.0 Å². The third-order valence-corrected chi connectivity index (χ3v) is 4.27. The molecule has 0 aliphatic carbocycles. The van der Waals surface area contributed by atoms with Gasteiger partial charge in [-0.1, -0.05) is 25.6 Å². The maximum absolute atomic E-state index is 5.89. The molecule has 2 rings (SSSR count). The van der Waals surface area contributed by atoms with Gasteiger partial charge >= 0.3 is 0 Å². The summed E-state index contributed by atoms with van der Waals surface area (Å²) in [6, 6.07) is 2.05. The number of anilines is 1. The highest BCUT2D eigenvalue weighted by Gasteiger charge is 2.22. The first kappa shape index (κ1) is 14.3. The van der Waals surface area contributed by atoms with E-state index in [4.69, 9.17) is 18.0 Å². The van der Waals surface area contributed by atoms with Gasteiger partial charge in [-0.2, -0.15) is 0 Å². The van der Waals surface area contributed by atoms with E-state index in [1.165, 1.54) is 19.3 Å². The molecule has 3 nitrogen and oxygen atoms in total. The van der Waals surface area contributed by atoms with Gasteiger partial charge in [0, 0.05) is 18.8 Å². The normalized spacial score (nSPS) is 16.7. The van der Waals surface area contributed by atoms with Crippen LogP contribution in [0.4, 0.5) is 5.82 Å². The molecule has 0 saturated carbocycles. The number of hydrogen-bond acceptors (Lipinski definition) is 3. The lowest BCUT2D eigenvalue weighted by atomic mass is 9.94. The predicted molar refractivity (Wildman–Crippen MR) is 84.8 cm³/mol. The number of piperidine rings is 1. The SMILES string of the molecule is CCC1CCN(c2nc(C)cc(C)c2C(N)=S)CC1. The molecule has 1 aliphatic heterocycles. The number of nitrogens with zero attached hydrogens (tertiary/aromatic N) is 2. The van der Waals surface area contributed by atoms with E-state index in [0.717, 1.165) is 41.6 Å². The summed E-state index contributed by atoms with van der Waals surface area (Å²) in [5.74, 6) is 1.84. The average Bonchev–Trinajstić information content (AvgIpc) is 2.37. The third kappa shape index (κ3) is 3.06. The van der Waals surface area contributed by atoms with Crippen molar-refractivity contribution in [1.29, 1.82) is 0 Å². The highest BCUT2D eigenvalue weighted by Crippen LogP contribution is 2.28. The molecule has 0 radical (unpaired) electrons. The van der Waals surface area contributed by atoms with E-state index >= 15 is 0 Å². The maximum atomic E-state index is 5.89. The molecule has 1 aromatic rings. The molecule has 0 unspecified atom stereocenters. The molecule has 0 aromatic carbocycles. The second-order valence-corrected chi connectivity index (χ2v) is 5.92. The summed E-state index contributed by atoms with van der Waals surface area (Å²) in [5.41, 5.74) is 9.01. The molecule has 1 aromatic heterocycles. The number of pyridine rings is 1. The minimum absolute atomic E-state index is 0.456. The Morgan fingerprint density at radius 1 is 1.42 bits per heavy atom. The molecule has 0 amide bonds. The summed E-state index contributed by atoms with van der Waals surface area (Å²) in [6.07, 6.45) is 3.75. The topological polar surface area (TPSA) is 42.2 Å². The molecule has 2 N–H and O–H groups in total. The van der Waals surface area contributed by atoms with E-state index in [1.807, 2.05) is 6.92 Å². The molecule has 1 saturated heterocycles. The summed E-state index contributed by atoms with van der Waals surface area (Å²) >= 11 is 5.21. The first-order chi connectivity index (χ1) is 9.02. The molecular formula is C15H23N3S. The van der Waals surface area contributed by atoms with Crippen LogP contribution in [0.3, 0.4) is 0 Å². The second-order valence-electron chi connectivity index (χ2n) is 5.48. The Bertz CT molecular complexity index is 477. The highest BCUT2D eigenvalue weighted by atomic mass is 32.1. The van der Waals surface area contributed by atoms with E-state index < -0.39 is 0 Å².